The quantitative estimate of drug-likeness (QED) is 0.716. The van der Waals surface area contributed by atoms with Gasteiger partial charge in [-0.2, -0.15) is 4.72 Å². The van der Waals surface area contributed by atoms with Crippen molar-refractivity contribution in [1.29, 1.82) is 0 Å². The van der Waals surface area contributed by atoms with Crippen molar-refractivity contribution in [3.8, 4) is 0 Å². The first-order chi connectivity index (χ1) is 9.83. The number of esters is 1. The summed E-state index contributed by atoms with van der Waals surface area (Å²) in [4.78, 5) is 23.0. The molecule has 0 saturated carbocycles. The summed E-state index contributed by atoms with van der Waals surface area (Å²) in [6.07, 6.45) is 0.752. The highest BCUT2D eigenvalue weighted by atomic mass is 32.2. The van der Waals surface area contributed by atoms with E-state index < -0.39 is 27.9 Å². The van der Waals surface area contributed by atoms with E-state index in [1.54, 1.807) is 0 Å². The van der Waals surface area contributed by atoms with Crippen molar-refractivity contribution >= 4 is 33.2 Å². The fourth-order valence-electron chi connectivity index (χ4n) is 1.50. The number of nitrogens with one attached hydrogen (secondary N) is 2. The van der Waals surface area contributed by atoms with Crippen molar-refractivity contribution in [2.24, 2.45) is 0 Å². The molecular formula is C12H18N2O5S2. The van der Waals surface area contributed by atoms with Gasteiger partial charge in [0.2, 0.25) is 15.9 Å². The maximum atomic E-state index is 12.2. The van der Waals surface area contributed by atoms with Crippen molar-refractivity contribution in [2.45, 2.75) is 31.2 Å². The van der Waals surface area contributed by atoms with Gasteiger partial charge in [0, 0.05) is 6.54 Å². The van der Waals surface area contributed by atoms with Gasteiger partial charge >= 0.3 is 5.97 Å². The van der Waals surface area contributed by atoms with E-state index in [1.165, 1.54) is 25.5 Å². The summed E-state index contributed by atoms with van der Waals surface area (Å²) in [5.74, 6) is -1.15. The van der Waals surface area contributed by atoms with Gasteiger partial charge in [-0.3, -0.25) is 4.79 Å². The summed E-state index contributed by atoms with van der Waals surface area (Å²) < 4.78 is 31.2. The molecule has 0 bridgehead atoms. The lowest BCUT2D eigenvalue weighted by molar-refractivity contribution is -0.122. The summed E-state index contributed by atoms with van der Waals surface area (Å²) in [5, 5.41) is 4.07. The molecule has 2 N–H and O–H groups in total. The van der Waals surface area contributed by atoms with E-state index in [4.69, 9.17) is 0 Å². The number of methoxy groups -OCH3 is 1. The first kappa shape index (κ1) is 17.6. The molecule has 0 aliphatic heterocycles. The van der Waals surface area contributed by atoms with E-state index in [1.807, 2.05) is 6.92 Å². The van der Waals surface area contributed by atoms with Crippen LogP contribution in [0.15, 0.2) is 16.3 Å². The van der Waals surface area contributed by atoms with Gasteiger partial charge in [-0.1, -0.05) is 6.92 Å². The van der Waals surface area contributed by atoms with E-state index >= 15 is 0 Å². The zero-order chi connectivity index (χ0) is 16.0. The van der Waals surface area contributed by atoms with Gasteiger partial charge in [0.25, 0.3) is 0 Å². The van der Waals surface area contributed by atoms with Gasteiger partial charge < -0.3 is 10.1 Å². The van der Waals surface area contributed by atoms with Gasteiger partial charge in [0.05, 0.1) is 13.2 Å². The number of carbonyl (C=O) groups excluding carboxylic acids is 2. The minimum absolute atomic E-state index is 0.0221. The molecule has 1 rings (SSSR count). The zero-order valence-electron chi connectivity index (χ0n) is 12.0. The van der Waals surface area contributed by atoms with Crippen LogP contribution in [0, 0.1) is 0 Å². The Hall–Kier alpha value is -1.45. The van der Waals surface area contributed by atoms with Crippen LogP contribution in [-0.4, -0.2) is 40.0 Å². The molecule has 0 aliphatic rings. The van der Waals surface area contributed by atoms with Crippen LogP contribution in [-0.2, 0) is 19.6 Å². The van der Waals surface area contributed by atoms with Crippen LogP contribution in [0.5, 0.6) is 0 Å². The Labute approximate surface area is 127 Å². The molecule has 0 spiro atoms. The lowest BCUT2D eigenvalue weighted by Gasteiger charge is -2.14. The van der Waals surface area contributed by atoms with E-state index in [0.29, 0.717) is 6.54 Å². The number of hydrogen-bond acceptors (Lipinski definition) is 6. The Bertz CT molecular complexity index is 609. The Morgan fingerprint density at radius 2 is 2.10 bits per heavy atom. The largest absolute Gasteiger partial charge is 0.465 e. The van der Waals surface area contributed by atoms with Gasteiger partial charge in [-0.25, -0.2) is 13.2 Å². The fraction of sp³-hybridized carbons (Fsp3) is 0.500. The second kappa shape index (κ2) is 7.53. The molecule has 0 aromatic carbocycles. The first-order valence-electron chi connectivity index (χ1n) is 6.29. The second-order valence-corrected chi connectivity index (χ2v) is 6.84. The predicted molar refractivity (Wildman–Crippen MR) is 78.7 cm³/mol. The number of ether oxygens (including phenoxy) is 1. The molecule has 118 valence electrons. The third-order valence-electron chi connectivity index (χ3n) is 2.56. The van der Waals surface area contributed by atoms with E-state index in [9.17, 15) is 18.0 Å². The van der Waals surface area contributed by atoms with Gasteiger partial charge in [-0.15, -0.1) is 11.3 Å². The number of rotatable bonds is 7. The van der Waals surface area contributed by atoms with E-state index in [-0.39, 0.29) is 9.77 Å². The Morgan fingerprint density at radius 1 is 1.43 bits per heavy atom. The van der Waals surface area contributed by atoms with Crippen LogP contribution >= 0.6 is 11.3 Å². The molecule has 1 amide bonds. The molecule has 0 radical (unpaired) electrons. The van der Waals surface area contributed by atoms with Crippen LogP contribution in [0.25, 0.3) is 0 Å². The van der Waals surface area contributed by atoms with Crippen LogP contribution in [0.2, 0.25) is 0 Å². The van der Waals surface area contributed by atoms with Crippen molar-refractivity contribution in [3.05, 3.63) is 16.3 Å². The molecule has 7 nitrogen and oxygen atoms in total. The highest BCUT2D eigenvalue weighted by Gasteiger charge is 2.27. The highest BCUT2D eigenvalue weighted by Crippen LogP contribution is 2.22. The molecule has 1 unspecified atom stereocenters. The zero-order valence-corrected chi connectivity index (χ0v) is 13.6. The van der Waals surface area contributed by atoms with Gasteiger partial charge in [-0.05, 0) is 24.8 Å². The van der Waals surface area contributed by atoms with Crippen LogP contribution in [0.4, 0.5) is 0 Å². The van der Waals surface area contributed by atoms with Gasteiger partial charge in [0.1, 0.15) is 9.77 Å². The van der Waals surface area contributed by atoms with Crippen LogP contribution in [0.1, 0.15) is 29.9 Å². The average Bonchev–Trinajstić information content (AvgIpc) is 2.93. The second-order valence-electron chi connectivity index (χ2n) is 4.24. The molecule has 1 heterocycles. The molecule has 0 saturated heterocycles. The summed E-state index contributed by atoms with van der Waals surface area (Å²) in [5.41, 5.74) is 0. The Balaban J connectivity index is 2.90. The number of carbonyl (C=O) groups is 2. The van der Waals surface area contributed by atoms with Crippen molar-refractivity contribution in [3.63, 3.8) is 0 Å². The molecule has 0 fully saturated rings. The summed E-state index contributed by atoms with van der Waals surface area (Å²) >= 11 is 0.964. The fourth-order valence-corrected chi connectivity index (χ4v) is 4.04. The topological polar surface area (TPSA) is 102 Å². The molecule has 0 aliphatic carbocycles. The summed E-state index contributed by atoms with van der Waals surface area (Å²) in [6, 6.07) is 0.363. The number of hydrogen-bond donors (Lipinski definition) is 2. The third kappa shape index (κ3) is 4.51. The van der Waals surface area contributed by atoms with Crippen molar-refractivity contribution in [1.82, 2.24) is 10.0 Å². The number of amides is 1. The third-order valence-corrected chi connectivity index (χ3v) is 5.17. The molecule has 1 aromatic rings. The first-order valence-corrected chi connectivity index (χ1v) is 8.65. The molecular weight excluding hydrogens is 316 g/mol. The van der Waals surface area contributed by atoms with Crippen LogP contribution < -0.4 is 10.0 Å². The average molecular weight is 334 g/mol. The molecule has 21 heavy (non-hydrogen) atoms. The SMILES string of the molecule is CCCNC(=O)C(C)NS(=O)(=O)c1ccsc1C(=O)OC. The maximum Gasteiger partial charge on any atom is 0.349 e. The van der Waals surface area contributed by atoms with E-state index in [2.05, 4.69) is 14.8 Å². The number of thiophene rings is 1. The predicted octanol–water partition coefficient (Wildman–Crippen LogP) is 0.728. The lowest BCUT2D eigenvalue weighted by atomic mass is 10.3. The van der Waals surface area contributed by atoms with E-state index in [0.717, 1.165) is 17.8 Å². The summed E-state index contributed by atoms with van der Waals surface area (Å²) in [7, 11) is -2.80. The Morgan fingerprint density at radius 3 is 2.67 bits per heavy atom. The maximum absolute atomic E-state index is 12.2. The standard InChI is InChI=1S/C12H18N2O5S2/c1-4-6-13-11(15)8(2)14-21(17,18)9-5-7-20-10(9)12(16)19-3/h5,7-8,14H,4,6H2,1-3H3,(H,13,15). The Kier molecular flexibility index (Phi) is 6.31. The molecule has 1 aromatic heterocycles. The van der Waals surface area contributed by atoms with Crippen LogP contribution in [0.3, 0.4) is 0 Å². The smallest absolute Gasteiger partial charge is 0.349 e. The molecule has 9 heteroatoms. The van der Waals surface area contributed by atoms with Crippen molar-refractivity contribution in [2.75, 3.05) is 13.7 Å². The minimum Gasteiger partial charge on any atom is -0.465 e. The monoisotopic (exact) mass is 334 g/mol. The molecule has 1 atom stereocenters. The van der Waals surface area contributed by atoms with Crippen molar-refractivity contribution < 1.29 is 22.7 Å². The minimum atomic E-state index is -3.97. The highest BCUT2D eigenvalue weighted by molar-refractivity contribution is 7.89. The normalized spacial score (nSPS) is 12.7. The lowest BCUT2D eigenvalue weighted by Crippen LogP contribution is -2.45. The summed E-state index contributed by atoms with van der Waals surface area (Å²) in [6.45, 7) is 3.80. The number of sulfonamides is 1. The van der Waals surface area contributed by atoms with Gasteiger partial charge in [0.15, 0.2) is 0 Å².